The van der Waals surface area contributed by atoms with Gasteiger partial charge >= 0.3 is 0 Å². The lowest BCUT2D eigenvalue weighted by molar-refractivity contribution is 0.102. The van der Waals surface area contributed by atoms with Gasteiger partial charge in [-0.1, -0.05) is 0 Å². The quantitative estimate of drug-likeness (QED) is 0.783. The molecule has 0 amide bonds. The normalized spacial score (nSPS) is 10.8. The van der Waals surface area contributed by atoms with Crippen LogP contribution in [0.5, 0.6) is 0 Å². The molecule has 2 rings (SSSR count). The van der Waals surface area contributed by atoms with Crippen LogP contribution in [0.4, 0.5) is 8.78 Å². The Kier molecular flexibility index (Phi) is 4.61. The highest BCUT2D eigenvalue weighted by Gasteiger charge is 2.22. The van der Waals surface area contributed by atoms with E-state index in [4.69, 9.17) is 4.74 Å². The predicted molar refractivity (Wildman–Crippen MR) is 71.6 cm³/mol. The summed E-state index contributed by atoms with van der Waals surface area (Å²) in [6, 6.07) is 2.76. The molecule has 0 aliphatic carbocycles. The molecule has 0 radical (unpaired) electrons. The molecule has 0 unspecified atom stereocenters. The first kappa shape index (κ1) is 14.8. The third kappa shape index (κ3) is 2.94. The fourth-order valence-corrected chi connectivity index (χ4v) is 2.21. The zero-order chi connectivity index (χ0) is 14.7. The van der Waals surface area contributed by atoms with Crippen LogP contribution < -0.4 is 0 Å². The second-order valence-electron chi connectivity index (χ2n) is 4.01. The van der Waals surface area contributed by atoms with Crippen LogP contribution in [0.2, 0.25) is 0 Å². The number of carbonyl (C=O) groups excluding carboxylic acids is 1. The lowest BCUT2D eigenvalue weighted by Crippen LogP contribution is -2.16. The summed E-state index contributed by atoms with van der Waals surface area (Å²) in [5.41, 5.74) is -0.170. The second-order valence-corrected chi connectivity index (χ2v) is 4.86. The minimum atomic E-state index is -0.775. The Bertz CT molecular complexity index is 643. The lowest BCUT2D eigenvalue weighted by Gasteiger charge is -2.07. The highest BCUT2D eigenvalue weighted by Crippen LogP contribution is 2.22. The van der Waals surface area contributed by atoms with Crippen LogP contribution in [0.3, 0.4) is 0 Å². The van der Waals surface area contributed by atoms with Crippen molar-refractivity contribution in [2.24, 2.45) is 0 Å². The Morgan fingerprint density at radius 1 is 1.45 bits per heavy atom. The first-order valence-electron chi connectivity index (χ1n) is 5.74. The lowest BCUT2D eigenvalue weighted by atomic mass is 10.1. The fraction of sp³-hybridized carbons (Fsp3) is 0.231. The molecule has 1 heterocycles. The van der Waals surface area contributed by atoms with Crippen LogP contribution >= 0.6 is 15.9 Å². The van der Waals surface area contributed by atoms with E-state index in [1.54, 1.807) is 0 Å². The smallest absolute Gasteiger partial charge is 0.215 e. The minimum Gasteiger partial charge on any atom is -0.383 e. The standard InChI is InChI=1S/C13H11BrF2N2O2/c1-20-5-4-18-12(10(14)7-17-18)13(19)9-6-8(15)2-3-11(9)16/h2-3,6-7H,4-5H2,1H3. The molecular formula is C13H11BrF2N2O2. The molecular weight excluding hydrogens is 334 g/mol. The number of ether oxygens (including phenoxy) is 1. The molecule has 0 aliphatic heterocycles. The molecule has 1 aromatic carbocycles. The van der Waals surface area contributed by atoms with Gasteiger partial charge in [0.05, 0.1) is 29.4 Å². The van der Waals surface area contributed by atoms with E-state index in [2.05, 4.69) is 21.0 Å². The number of aromatic nitrogens is 2. The summed E-state index contributed by atoms with van der Waals surface area (Å²) >= 11 is 3.19. The number of halogens is 3. The SMILES string of the molecule is COCCn1ncc(Br)c1C(=O)c1cc(F)ccc1F. The number of carbonyl (C=O) groups is 1. The topological polar surface area (TPSA) is 44.1 Å². The average Bonchev–Trinajstić information content (AvgIpc) is 2.79. The van der Waals surface area contributed by atoms with E-state index in [0.29, 0.717) is 17.6 Å². The third-order valence-electron chi connectivity index (χ3n) is 2.69. The molecule has 1 aromatic heterocycles. The molecule has 0 fully saturated rings. The molecule has 0 N–H and O–H groups in total. The molecule has 0 bridgehead atoms. The summed E-state index contributed by atoms with van der Waals surface area (Å²) in [6.45, 7) is 0.681. The zero-order valence-corrected chi connectivity index (χ0v) is 12.2. The summed E-state index contributed by atoms with van der Waals surface area (Å²) in [5.74, 6) is -2.08. The molecule has 0 saturated heterocycles. The van der Waals surface area contributed by atoms with Crippen molar-refractivity contribution in [2.75, 3.05) is 13.7 Å². The average molecular weight is 345 g/mol. The van der Waals surface area contributed by atoms with E-state index in [1.807, 2.05) is 0 Å². The highest BCUT2D eigenvalue weighted by atomic mass is 79.9. The van der Waals surface area contributed by atoms with Crippen LogP contribution in [0.25, 0.3) is 0 Å². The predicted octanol–water partition coefficient (Wildman–Crippen LogP) is 2.80. The van der Waals surface area contributed by atoms with E-state index in [0.717, 1.165) is 18.2 Å². The Morgan fingerprint density at radius 2 is 2.20 bits per heavy atom. The maximum absolute atomic E-state index is 13.7. The number of hydrogen-bond donors (Lipinski definition) is 0. The van der Waals surface area contributed by atoms with Gasteiger partial charge in [-0.3, -0.25) is 9.48 Å². The summed E-state index contributed by atoms with van der Waals surface area (Å²) < 4.78 is 33.6. The van der Waals surface area contributed by atoms with Crippen LogP contribution in [0, 0.1) is 11.6 Å². The van der Waals surface area contributed by atoms with Crippen molar-refractivity contribution in [3.63, 3.8) is 0 Å². The zero-order valence-electron chi connectivity index (χ0n) is 10.6. The van der Waals surface area contributed by atoms with Gasteiger partial charge < -0.3 is 4.74 Å². The molecule has 0 spiro atoms. The first-order chi connectivity index (χ1) is 9.54. The molecule has 0 saturated carbocycles. The van der Waals surface area contributed by atoms with Crippen LogP contribution in [0.1, 0.15) is 16.1 Å². The number of ketones is 1. The van der Waals surface area contributed by atoms with Crippen molar-refractivity contribution in [2.45, 2.75) is 6.54 Å². The van der Waals surface area contributed by atoms with Gasteiger partial charge in [0.25, 0.3) is 0 Å². The van der Waals surface area contributed by atoms with E-state index in [1.165, 1.54) is 18.0 Å². The van der Waals surface area contributed by atoms with Gasteiger partial charge in [0.15, 0.2) is 0 Å². The van der Waals surface area contributed by atoms with Crippen LogP contribution in [-0.4, -0.2) is 29.3 Å². The molecule has 20 heavy (non-hydrogen) atoms. The Morgan fingerprint density at radius 3 is 2.90 bits per heavy atom. The molecule has 0 atom stereocenters. The van der Waals surface area contributed by atoms with Gasteiger partial charge in [-0.2, -0.15) is 5.10 Å². The Labute approximate surface area is 122 Å². The number of hydrogen-bond acceptors (Lipinski definition) is 3. The van der Waals surface area contributed by atoms with Gasteiger partial charge in [0.2, 0.25) is 5.78 Å². The number of rotatable bonds is 5. The number of methoxy groups -OCH3 is 1. The van der Waals surface area contributed by atoms with Gasteiger partial charge in [0, 0.05) is 7.11 Å². The molecule has 106 valence electrons. The van der Waals surface area contributed by atoms with Crippen molar-refractivity contribution < 1.29 is 18.3 Å². The monoisotopic (exact) mass is 344 g/mol. The summed E-state index contributed by atoms with van der Waals surface area (Å²) in [7, 11) is 1.52. The fourth-order valence-electron chi connectivity index (χ4n) is 1.73. The Hall–Kier alpha value is -1.60. The van der Waals surface area contributed by atoms with Gasteiger partial charge in [-0.05, 0) is 34.1 Å². The van der Waals surface area contributed by atoms with E-state index < -0.39 is 17.4 Å². The van der Waals surface area contributed by atoms with Crippen molar-refractivity contribution >= 4 is 21.7 Å². The summed E-state index contributed by atoms with van der Waals surface area (Å²) in [6.07, 6.45) is 1.43. The minimum absolute atomic E-state index is 0.159. The summed E-state index contributed by atoms with van der Waals surface area (Å²) in [5, 5.41) is 4.00. The molecule has 7 heteroatoms. The number of nitrogens with zero attached hydrogens (tertiary/aromatic N) is 2. The molecule has 0 aliphatic rings. The van der Waals surface area contributed by atoms with Crippen LogP contribution in [-0.2, 0) is 11.3 Å². The largest absolute Gasteiger partial charge is 0.383 e. The van der Waals surface area contributed by atoms with Gasteiger partial charge in [-0.15, -0.1) is 0 Å². The molecule has 4 nitrogen and oxygen atoms in total. The maximum atomic E-state index is 13.7. The number of benzene rings is 1. The van der Waals surface area contributed by atoms with Crippen molar-refractivity contribution in [1.82, 2.24) is 9.78 Å². The van der Waals surface area contributed by atoms with Crippen molar-refractivity contribution in [3.05, 3.63) is 51.8 Å². The first-order valence-corrected chi connectivity index (χ1v) is 6.54. The van der Waals surface area contributed by atoms with E-state index >= 15 is 0 Å². The van der Waals surface area contributed by atoms with Crippen LogP contribution in [0.15, 0.2) is 28.9 Å². The Balaban J connectivity index is 2.42. The van der Waals surface area contributed by atoms with Crippen molar-refractivity contribution in [3.8, 4) is 0 Å². The second kappa shape index (κ2) is 6.23. The maximum Gasteiger partial charge on any atom is 0.215 e. The molecule has 2 aromatic rings. The van der Waals surface area contributed by atoms with Crippen molar-refractivity contribution in [1.29, 1.82) is 0 Å². The summed E-state index contributed by atoms with van der Waals surface area (Å²) in [4.78, 5) is 12.3. The van der Waals surface area contributed by atoms with Gasteiger partial charge in [-0.25, -0.2) is 8.78 Å². The highest BCUT2D eigenvalue weighted by molar-refractivity contribution is 9.10. The van der Waals surface area contributed by atoms with E-state index in [9.17, 15) is 13.6 Å². The van der Waals surface area contributed by atoms with Gasteiger partial charge in [0.1, 0.15) is 17.3 Å². The van der Waals surface area contributed by atoms with E-state index in [-0.39, 0.29) is 11.3 Å². The third-order valence-corrected chi connectivity index (χ3v) is 3.27.